The lowest BCUT2D eigenvalue weighted by Crippen LogP contribution is -2.31. The van der Waals surface area contributed by atoms with Crippen molar-refractivity contribution >= 4 is 17.4 Å². The summed E-state index contributed by atoms with van der Waals surface area (Å²) in [6.45, 7) is 8.80. The lowest BCUT2D eigenvalue weighted by atomic mass is 9.85. The van der Waals surface area contributed by atoms with E-state index >= 15 is 0 Å². The Morgan fingerprint density at radius 3 is 2.38 bits per heavy atom. The van der Waals surface area contributed by atoms with Gasteiger partial charge in [0.15, 0.2) is 0 Å². The zero-order valence-electron chi connectivity index (χ0n) is 21.8. The molecule has 0 saturated carbocycles. The zero-order chi connectivity index (χ0) is 26.3. The Balaban J connectivity index is 1.58. The number of carbonyl (C=O) groups is 2. The molecular formula is C32H33NO4. The lowest BCUT2D eigenvalue weighted by Gasteiger charge is -2.26. The average molecular weight is 496 g/mol. The minimum atomic E-state index is -0.666. The standard InChI is InChI=1S/C32H33NO4/c1-20-18-24-19-23(12-15-26(24)37-20)29(34)27-28(22-10-13-25(14-11-22)32(2,3)4)33(31(36)30(27)35)17-16-21-8-6-5-7-9-21/h5-15,19-20,28,34H,16-18H2,1-4H3/b29-27+/t20-,28-/m0/s1. The van der Waals surface area contributed by atoms with Crippen LogP contribution in [0.4, 0.5) is 0 Å². The summed E-state index contributed by atoms with van der Waals surface area (Å²) in [7, 11) is 0. The van der Waals surface area contributed by atoms with Gasteiger partial charge >= 0.3 is 0 Å². The van der Waals surface area contributed by atoms with E-state index in [0.717, 1.165) is 34.4 Å². The summed E-state index contributed by atoms with van der Waals surface area (Å²) in [5.74, 6) is -0.587. The van der Waals surface area contributed by atoms with E-state index in [9.17, 15) is 14.7 Å². The van der Waals surface area contributed by atoms with E-state index < -0.39 is 17.7 Å². The van der Waals surface area contributed by atoms with E-state index in [1.807, 2.05) is 73.7 Å². The molecular weight excluding hydrogens is 462 g/mol. The first-order valence-corrected chi connectivity index (χ1v) is 12.9. The van der Waals surface area contributed by atoms with E-state index in [1.165, 1.54) is 0 Å². The third kappa shape index (κ3) is 4.78. The van der Waals surface area contributed by atoms with Gasteiger partial charge in [-0.2, -0.15) is 0 Å². The van der Waals surface area contributed by atoms with Crippen molar-refractivity contribution < 1.29 is 19.4 Å². The Hall–Kier alpha value is -3.86. The van der Waals surface area contributed by atoms with Crippen LogP contribution in [-0.4, -0.2) is 34.3 Å². The maximum atomic E-state index is 13.4. The van der Waals surface area contributed by atoms with E-state index in [2.05, 4.69) is 20.8 Å². The van der Waals surface area contributed by atoms with Crippen LogP contribution in [-0.2, 0) is 27.8 Å². The SMILES string of the molecule is C[C@H]1Cc2cc(/C(O)=C3\C(=O)C(=O)N(CCc4ccccc4)[C@H]3c3ccc(C(C)(C)C)cc3)ccc2O1. The van der Waals surface area contributed by atoms with Gasteiger partial charge in [0, 0.05) is 18.5 Å². The summed E-state index contributed by atoms with van der Waals surface area (Å²) in [4.78, 5) is 28.3. The molecule has 0 aromatic heterocycles. The number of ketones is 1. The molecule has 2 aliphatic heterocycles. The predicted octanol–water partition coefficient (Wildman–Crippen LogP) is 5.97. The summed E-state index contributed by atoms with van der Waals surface area (Å²) in [6.07, 6.45) is 1.41. The molecule has 0 bridgehead atoms. The number of hydrogen-bond acceptors (Lipinski definition) is 4. The number of hydrogen-bond donors (Lipinski definition) is 1. The van der Waals surface area contributed by atoms with Crippen molar-refractivity contribution in [3.05, 3.63) is 106 Å². The highest BCUT2D eigenvalue weighted by Crippen LogP contribution is 2.41. The van der Waals surface area contributed by atoms with Gasteiger partial charge in [-0.3, -0.25) is 9.59 Å². The molecule has 37 heavy (non-hydrogen) atoms. The maximum Gasteiger partial charge on any atom is 0.295 e. The van der Waals surface area contributed by atoms with Gasteiger partial charge in [0.25, 0.3) is 11.7 Å². The Morgan fingerprint density at radius 1 is 1.00 bits per heavy atom. The quantitative estimate of drug-likeness (QED) is 0.269. The summed E-state index contributed by atoms with van der Waals surface area (Å²) in [6, 6.07) is 22.7. The molecule has 1 fully saturated rings. The topological polar surface area (TPSA) is 66.8 Å². The van der Waals surface area contributed by atoms with Crippen LogP contribution in [0, 0.1) is 0 Å². The van der Waals surface area contributed by atoms with Crippen molar-refractivity contribution in [1.29, 1.82) is 0 Å². The second-order valence-corrected chi connectivity index (χ2v) is 11.1. The number of rotatable bonds is 5. The van der Waals surface area contributed by atoms with Gasteiger partial charge in [-0.05, 0) is 59.2 Å². The molecule has 0 aliphatic carbocycles. The molecule has 2 heterocycles. The van der Waals surface area contributed by atoms with Crippen LogP contribution in [0.2, 0.25) is 0 Å². The number of amides is 1. The molecule has 1 amide bonds. The molecule has 0 unspecified atom stereocenters. The zero-order valence-corrected chi connectivity index (χ0v) is 21.8. The number of likely N-dealkylation sites (tertiary alicyclic amines) is 1. The fourth-order valence-electron chi connectivity index (χ4n) is 5.24. The highest BCUT2D eigenvalue weighted by atomic mass is 16.5. The molecule has 190 valence electrons. The number of aliphatic hydroxyl groups is 1. The number of ether oxygens (including phenoxy) is 1. The van der Waals surface area contributed by atoms with E-state index in [-0.39, 0.29) is 22.9 Å². The van der Waals surface area contributed by atoms with Gasteiger partial charge in [0.2, 0.25) is 0 Å². The first-order chi connectivity index (χ1) is 17.6. The summed E-state index contributed by atoms with van der Waals surface area (Å²) in [5.41, 5.74) is 4.66. The molecule has 5 heteroatoms. The lowest BCUT2D eigenvalue weighted by molar-refractivity contribution is -0.139. The van der Waals surface area contributed by atoms with Crippen LogP contribution < -0.4 is 4.74 Å². The number of fused-ring (bicyclic) bond motifs is 1. The van der Waals surface area contributed by atoms with E-state index in [1.54, 1.807) is 11.0 Å². The van der Waals surface area contributed by atoms with Crippen molar-refractivity contribution in [2.24, 2.45) is 0 Å². The van der Waals surface area contributed by atoms with Crippen LogP contribution in [0.3, 0.4) is 0 Å². The molecule has 3 aromatic carbocycles. The van der Waals surface area contributed by atoms with Crippen molar-refractivity contribution in [3.8, 4) is 5.75 Å². The van der Waals surface area contributed by atoms with Crippen LogP contribution in [0.1, 0.15) is 61.6 Å². The predicted molar refractivity (Wildman–Crippen MR) is 145 cm³/mol. The highest BCUT2D eigenvalue weighted by Gasteiger charge is 2.46. The number of carbonyl (C=O) groups excluding carboxylic acids is 2. The minimum absolute atomic E-state index is 0.0305. The van der Waals surface area contributed by atoms with Gasteiger partial charge in [-0.15, -0.1) is 0 Å². The molecule has 1 saturated heterocycles. The largest absolute Gasteiger partial charge is 0.507 e. The Morgan fingerprint density at radius 2 is 1.70 bits per heavy atom. The van der Waals surface area contributed by atoms with Crippen molar-refractivity contribution in [2.75, 3.05) is 6.54 Å². The van der Waals surface area contributed by atoms with E-state index in [4.69, 9.17) is 4.74 Å². The number of nitrogens with zero attached hydrogens (tertiary/aromatic N) is 1. The third-order valence-corrected chi connectivity index (χ3v) is 7.29. The number of benzene rings is 3. The second kappa shape index (κ2) is 9.55. The van der Waals surface area contributed by atoms with Gasteiger partial charge in [-0.1, -0.05) is 75.4 Å². The molecule has 5 nitrogen and oxygen atoms in total. The molecule has 1 N–H and O–H groups in total. The Bertz CT molecular complexity index is 1370. The van der Waals surface area contributed by atoms with E-state index in [0.29, 0.717) is 18.5 Å². The van der Waals surface area contributed by atoms with Gasteiger partial charge in [0.1, 0.15) is 17.6 Å². The monoisotopic (exact) mass is 495 g/mol. The van der Waals surface area contributed by atoms with Crippen LogP contribution in [0.5, 0.6) is 5.75 Å². The molecule has 2 aliphatic rings. The number of Topliss-reactive ketones (excluding diaryl/α,β-unsaturated/α-hetero) is 1. The average Bonchev–Trinajstić information content (AvgIpc) is 3.37. The van der Waals surface area contributed by atoms with Gasteiger partial charge in [-0.25, -0.2) is 0 Å². The molecule has 0 radical (unpaired) electrons. The fraction of sp³-hybridized carbons (Fsp3) is 0.312. The first kappa shape index (κ1) is 24.8. The first-order valence-electron chi connectivity index (χ1n) is 12.9. The molecule has 3 aromatic rings. The number of aliphatic hydroxyl groups excluding tert-OH is 1. The highest BCUT2D eigenvalue weighted by molar-refractivity contribution is 6.46. The minimum Gasteiger partial charge on any atom is -0.507 e. The van der Waals surface area contributed by atoms with Crippen molar-refractivity contribution in [3.63, 3.8) is 0 Å². The van der Waals surface area contributed by atoms with Crippen molar-refractivity contribution in [2.45, 2.75) is 58.1 Å². The van der Waals surface area contributed by atoms with Crippen LogP contribution in [0.25, 0.3) is 5.76 Å². The molecule has 2 atom stereocenters. The fourth-order valence-corrected chi connectivity index (χ4v) is 5.24. The van der Waals surface area contributed by atoms with Crippen LogP contribution in [0.15, 0.2) is 78.4 Å². The normalized spacial score (nSPS) is 20.7. The Kier molecular flexibility index (Phi) is 6.40. The summed E-state index contributed by atoms with van der Waals surface area (Å²) in [5, 5.41) is 11.5. The third-order valence-electron chi connectivity index (χ3n) is 7.29. The molecule has 0 spiro atoms. The maximum absolute atomic E-state index is 13.4. The Labute approximate surface area is 218 Å². The smallest absolute Gasteiger partial charge is 0.295 e. The summed E-state index contributed by atoms with van der Waals surface area (Å²) >= 11 is 0. The van der Waals surface area contributed by atoms with Crippen molar-refractivity contribution in [1.82, 2.24) is 4.90 Å². The van der Waals surface area contributed by atoms with Crippen LogP contribution >= 0.6 is 0 Å². The molecule has 5 rings (SSSR count). The second-order valence-electron chi connectivity index (χ2n) is 11.1. The van der Waals surface area contributed by atoms with Gasteiger partial charge < -0.3 is 14.7 Å². The summed E-state index contributed by atoms with van der Waals surface area (Å²) < 4.78 is 5.80. The van der Waals surface area contributed by atoms with Gasteiger partial charge in [0.05, 0.1) is 11.6 Å².